The predicted octanol–water partition coefficient (Wildman–Crippen LogP) is 0.500. The molecule has 1 aromatic carbocycles. The summed E-state index contributed by atoms with van der Waals surface area (Å²) in [6, 6.07) is 6.08. The number of hydrogen-bond donors (Lipinski definition) is 1. The van der Waals surface area contributed by atoms with Crippen LogP contribution in [0.4, 0.5) is 0 Å². The van der Waals surface area contributed by atoms with Crippen LogP contribution in [0.1, 0.15) is 24.2 Å². The molecule has 1 heterocycles. The zero-order chi connectivity index (χ0) is 15.8. The molecule has 0 saturated carbocycles. The Labute approximate surface area is 125 Å². The molecule has 1 aromatic rings. The van der Waals surface area contributed by atoms with Gasteiger partial charge in [-0.25, -0.2) is 8.42 Å². The van der Waals surface area contributed by atoms with Gasteiger partial charge in [0.1, 0.15) is 0 Å². The molecule has 7 heteroatoms. The largest absolute Gasteiger partial charge is 0.366 e. The minimum Gasteiger partial charge on any atom is -0.366 e. The average Bonchev–Trinajstić information content (AvgIpc) is 2.36. The Bertz CT molecular complexity index is 655. The van der Waals surface area contributed by atoms with E-state index in [2.05, 4.69) is 4.90 Å². The number of primary amides is 1. The maximum atomic E-state index is 12.9. The molecular weight excluding hydrogens is 290 g/mol. The number of amides is 1. The summed E-state index contributed by atoms with van der Waals surface area (Å²) in [5, 5.41) is 0. The number of rotatable bonds is 3. The van der Waals surface area contributed by atoms with Crippen molar-refractivity contribution in [3.8, 4) is 0 Å². The zero-order valence-corrected chi connectivity index (χ0v) is 13.4. The molecule has 2 rings (SSSR count). The molecule has 0 spiro atoms. The Hall–Kier alpha value is -1.44. The molecule has 0 aromatic heterocycles. The van der Waals surface area contributed by atoms with Gasteiger partial charge in [0.05, 0.1) is 10.5 Å². The molecule has 0 unspecified atom stereocenters. The quantitative estimate of drug-likeness (QED) is 0.881. The minimum atomic E-state index is -3.76. The van der Waals surface area contributed by atoms with E-state index in [1.54, 1.807) is 12.1 Å². The Balaban J connectivity index is 2.50. The van der Waals surface area contributed by atoms with E-state index in [9.17, 15) is 13.2 Å². The summed E-state index contributed by atoms with van der Waals surface area (Å²) < 4.78 is 27.3. The highest BCUT2D eigenvalue weighted by Gasteiger charge is 2.41. The van der Waals surface area contributed by atoms with E-state index in [0.717, 1.165) is 0 Å². The van der Waals surface area contributed by atoms with Crippen LogP contribution in [-0.4, -0.2) is 55.8 Å². The van der Waals surface area contributed by atoms with Crippen molar-refractivity contribution in [1.29, 1.82) is 0 Å². The summed E-state index contributed by atoms with van der Waals surface area (Å²) in [5.74, 6) is -0.735. The monoisotopic (exact) mass is 311 g/mol. The van der Waals surface area contributed by atoms with Crippen LogP contribution < -0.4 is 5.73 Å². The Morgan fingerprint density at radius 1 is 1.24 bits per heavy atom. The normalized spacial score (nSPS) is 20.3. The van der Waals surface area contributed by atoms with Gasteiger partial charge in [-0.3, -0.25) is 4.79 Å². The molecular formula is C14H21N3O3S. The standard InChI is InChI=1S/C14H21N3O3S/c1-14(2)10-16(3)8-9-17(14)21(19,20)12-7-5-4-6-11(12)13(15)18/h4-7H,8-10H2,1-3H3,(H2,15,18). The second kappa shape index (κ2) is 5.40. The van der Waals surface area contributed by atoms with Crippen molar-refractivity contribution in [2.24, 2.45) is 5.73 Å². The lowest BCUT2D eigenvalue weighted by Crippen LogP contribution is -2.60. The first kappa shape index (κ1) is 15.9. The number of benzene rings is 1. The van der Waals surface area contributed by atoms with Gasteiger partial charge in [-0.2, -0.15) is 4.31 Å². The van der Waals surface area contributed by atoms with Crippen LogP contribution in [0.2, 0.25) is 0 Å². The van der Waals surface area contributed by atoms with Gasteiger partial charge in [-0.15, -0.1) is 0 Å². The molecule has 0 radical (unpaired) electrons. The van der Waals surface area contributed by atoms with Crippen LogP contribution >= 0.6 is 0 Å². The van der Waals surface area contributed by atoms with Gasteiger partial charge in [0.15, 0.2) is 0 Å². The number of sulfonamides is 1. The van der Waals surface area contributed by atoms with E-state index in [0.29, 0.717) is 19.6 Å². The van der Waals surface area contributed by atoms with Crippen molar-refractivity contribution in [3.63, 3.8) is 0 Å². The zero-order valence-electron chi connectivity index (χ0n) is 12.5. The highest BCUT2D eigenvalue weighted by molar-refractivity contribution is 7.89. The van der Waals surface area contributed by atoms with Crippen LogP contribution in [-0.2, 0) is 10.0 Å². The fraction of sp³-hybridized carbons (Fsp3) is 0.500. The highest BCUT2D eigenvalue weighted by Crippen LogP contribution is 2.29. The molecule has 0 atom stereocenters. The molecule has 0 aliphatic carbocycles. The summed E-state index contributed by atoms with van der Waals surface area (Å²) in [5.41, 5.74) is 4.79. The lowest BCUT2D eigenvalue weighted by Gasteiger charge is -2.45. The third kappa shape index (κ3) is 2.95. The second-order valence-electron chi connectivity index (χ2n) is 5.99. The molecule has 6 nitrogen and oxygen atoms in total. The van der Waals surface area contributed by atoms with Gasteiger partial charge >= 0.3 is 0 Å². The number of likely N-dealkylation sites (N-methyl/N-ethyl adjacent to an activating group) is 1. The summed E-state index contributed by atoms with van der Waals surface area (Å²) in [6.45, 7) is 5.44. The third-order valence-corrected chi connectivity index (χ3v) is 5.91. The minimum absolute atomic E-state index is 0.0184. The fourth-order valence-electron chi connectivity index (χ4n) is 2.84. The molecule has 1 saturated heterocycles. The summed E-state index contributed by atoms with van der Waals surface area (Å²) >= 11 is 0. The Kier molecular flexibility index (Phi) is 4.10. The van der Waals surface area contributed by atoms with E-state index in [4.69, 9.17) is 5.73 Å². The van der Waals surface area contributed by atoms with Gasteiger partial charge in [0.25, 0.3) is 0 Å². The molecule has 1 aliphatic heterocycles. The molecule has 1 fully saturated rings. The van der Waals surface area contributed by atoms with E-state index >= 15 is 0 Å². The molecule has 2 N–H and O–H groups in total. The first-order valence-corrected chi connectivity index (χ1v) is 8.20. The lowest BCUT2D eigenvalue weighted by molar-refractivity contribution is 0.0975. The van der Waals surface area contributed by atoms with Crippen LogP contribution in [0.25, 0.3) is 0 Å². The first-order valence-electron chi connectivity index (χ1n) is 6.76. The third-order valence-electron chi connectivity index (χ3n) is 3.74. The van der Waals surface area contributed by atoms with E-state index in [1.807, 2.05) is 20.9 Å². The number of nitrogens with two attached hydrogens (primary N) is 1. The van der Waals surface area contributed by atoms with Gasteiger partial charge in [0.2, 0.25) is 15.9 Å². The number of nitrogens with zero attached hydrogens (tertiary/aromatic N) is 2. The molecule has 1 aliphatic rings. The average molecular weight is 311 g/mol. The van der Waals surface area contributed by atoms with Crippen molar-refractivity contribution in [1.82, 2.24) is 9.21 Å². The van der Waals surface area contributed by atoms with E-state index in [1.165, 1.54) is 16.4 Å². The molecule has 21 heavy (non-hydrogen) atoms. The molecule has 1 amide bonds. The van der Waals surface area contributed by atoms with Crippen molar-refractivity contribution in [2.45, 2.75) is 24.3 Å². The second-order valence-corrected chi connectivity index (χ2v) is 7.82. The topological polar surface area (TPSA) is 83.7 Å². The SMILES string of the molecule is CN1CCN(S(=O)(=O)c2ccccc2C(N)=O)C(C)(C)C1. The summed E-state index contributed by atoms with van der Waals surface area (Å²) in [7, 11) is -1.80. The lowest BCUT2D eigenvalue weighted by atomic mass is 10.0. The van der Waals surface area contributed by atoms with Crippen molar-refractivity contribution < 1.29 is 13.2 Å². The van der Waals surface area contributed by atoms with Crippen LogP contribution in [0, 0.1) is 0 Å². The predicted molar refractivity (Wildman–Crippen MR) is 80.4 cm³/mol. The maximum absolute atomic E-state index is 12.9. The van der Waals surface area contributed by atoms with Crippen LogP contribution in [0.15, 0.2) is 29.2 Å². The fourth-order valence-corrected chi connectivity index (χ4v) is 4.81. The van der Waals surface area contributed by atoms with Crippen molar-refractivity contribution >= 4 is 15.9 Å². The van der Waals surface area contributed by atoms with E-state index in [-0.39, 0.29) is 10.5 Å². The number of hydrogen-bond acceptors (Lipinski definition) is 4. The number of piperazine rings is 1. The first-order chi connectivity index (χ1) is 9.66. The van der Waals surface area contributed by atoms with Gasteiger partial charge in [-0.05, 0) is 33.0 Å². The number of carbonyl (C=O) groups excluding carboxylic acids is 1. The molecule has 116 valence electrons. The number of carbonyl (C=O) groups is 1. The van der Waals surface area contributed by atoms with Gasteiger partial charge in [-0.1, -0.05) is 12.1 Å². The van der Waals surface area contributed by atoms with Gasteiger partial charge in [0, 0.05) is 25.2 Å². The summed E-state index contributed by atoms with van der Waals surface area (Å²) in [4.78, 5) is 13.6. The smallest absolute Gasteiger partial charge is 0.250 e. The van der Waals surface area contributed by atoms with Crippen molar-refractivity contribution in [3.05, 3.63) is 29.8 Å². The van der Waals surface area contributed by atoms with Crippen LogP contribution in [0.3, 0.4) is 0 Å². The Morgan fingerprint density at radius 2 is 1.86 bits per heavy atom. The van der Waals surface area contributed by atoms with Crippen molar-refractivity contribution in [2.75, 3.05) is 26.7 Å². The van der Waals surface area contributed by atoms with Crippen LogP contribution in [0.5, 0.6) is 0 Å². The maximum Gasteiger partial charge on any atom is 0.250 e. The molecule has 0 bridgehead atoms. The highest BCUT2D eigenvalue weighted by atomic mass is 32.2. The Morgan fingerprint density at radius 3 is 2.43 bits per heavy atom. The summed E-state index contributed by atoms with van der Waals surface area (Å²) in [6.07, 6.45) is 0. The van der Waals surface area contributed by atoms with Gasteiger partial charge < -0.3 is 10.6 Å². The van der Waals surface area contributed by atoms with E-state index < -0.39 is 21.5 Å².